The van der Waals surface area contributed by atoms with Gasteiger partial charge in [-0.15, -0.1) is 11.3 Å². The largest absolute Gasteiger partial charge is 0.496 e. The number of aromatic nitrogens is 3. The van der Waals surface area contributed by atoms with Gasteiger partial charge in [0.2, 0.25) is 0 Å². The molecular formula is C19H23N5O2S. The number of methoxy groups -OCH3 is 1. The molecule has 27 heavy (non-hydrogen) atoms. The highest BCUT2D eigenvalue weighted by Crippen LogP contribution is 2.23. The maximum Gasteiger partial charge on any atom is 0.320 e. The maximum absolute atomic E-state index is 12.4. The summed E-state index contributed by atoms with van der Waals surface area (Å²) in [4.78, 5) is 18.0. The monoisotopic (exact) mass is 385 g/mol. The van der Waals surface area contributed by atoms with Crippen LogP contribution in [0.25, 0.3) is 0 Å². The van der Waals surface area contributed by atoms with E-state index in [0.29, 0.717) is 12.4 Å². The first-order chi connectivity index (χ1) is 13.0. The lowest BCUT2D eigenvalue weighted by atomic mass is 10.2. The second kappa shape index (κ2) is 8.22. The minimum absolute atomic E-state index is 0.180. The molecule has 0 unspecified atom stereocenters. The molecule has 142 valence electrons. The number of rotatable bonds is 6. The van der Waals surface area contributed by atoms with Crippen LogP contribution in [0.4, 0.5) is 10.6 Å². The molecule has 0 bridgehead atoms. The predicted molar refractivity (Wildman–Crippen MR) is 106 cm³/mol. The molecule has 3 rings (SSSR count). The van der Waals surface area contributed by atoms with Gasteiger partial charge in [0.1, 0.15) is 11.6 Å². The molecule has 0 radical (unpaired) electrons. The average Bonchev–Trinajstić information content (AvgIpc) is 3.21. The van der Waals surface area contributed by atoms with E-state index in [1.165, 1.54) is 0 Å². The van der Waals surface area contributed by atoms with Gasteiger partial charge in [0.05, 0.1) is 36.6 Å². The zero-order chi connectivity index (χ0) is 19.4. The third-order valence-electron chi connectivity index (χ3n) is 4.17. The van der Waals surface area contributed by atoms with Crippen molar-refractivity contribution in [3.8, 4) is 5.75 Å². The lowest BCUT2D eigenvalue weighted by molar-refractivity contribution is 0.249. The van der Waals surface area contributed by atoms with Crippen LogP contribution < -0.4 is 15.4 Å². The molecule has 0 saturated heterocycles. The fourth-order valence-electron chi connectivity index (χ4n) is 2.92. The van der Waals surface area contributed by atoms with Gasteiger partial charge in [0, 0.05) is 16.5 Å². The fourth-order valence-corrected chi connectivity index (χ4v) is 3.84. The van der Waals surface area contributed by atoms with Crippen molar-refractivity contribution in [2.75, 3.05) is 12.4 Å². The third-order valence-corrected chi connectivity index (χ3v) is 5.07. The van der Waals surface area contributed by atoms with Gasteiger partial charge in [-0.1, -0.05) is 18.2 Å². The Bertz CT molecular complexity index is 934. The Morgan fingerprint density at radius 1 is 1.30 bits per heavy atom. The molecule has 2 N–H and O–H groups in total. The number of hydrogen-bond donors (Lipinski definition) is 2. The normalized spacial score (nSPS) is 11.9. The summed E-state index contributed by atoms with van der Waals surface area (Å²) in [5.74, 6) is 1.39. The molecule has 1 aromatic carbocycles. The number of nitrogens with zero attached hydrogens (tertiary/aromatic N) is 3. The topological polar surface area (TPSA) is 81.1 Å². The SMILES string of the molecule is COc1ccccc1Cn1nccc1NC(=O)N[C@H](C)c1nc(C)sc1C. The van der Waals surface area contributed by atoms with E-state index in [1.54, 1.807) is 35.4 Å². The second-order valence-corrected chi connectivity index (χ2v) is 7.59. The summed E-state index contributed by atoms with van der Waals surface area (Å²) in [6.45, 7) is 6.39. The van der Waals surface area contributed by atoms with Gasteiger partial charge < -0.3 is 10.1 Å². The number of urea groups is 1. The van der Waals surface area contributed by atoms with Crippen LogP contribution in [0.2, 0.25) is 0 Å². The van der Waals surface area contributed by atoms with E-state index in [2.05, 4.69) is 20.7 Å². The van der Waals surface area contributed by atoms with Crippen LogP contribution in [-0.2, 0) is 6.54 Å². The van der Waals surface area contributed by atoms with Crippen molar-refractivity contribution in [2.45, 2.75) is 33.4 Å². The lowest BCUT2D eigenvalue weighted by Crippen LogP contribution is -2.32. The number of ether oxygens (including phenoxy) is 1. The van der Waals surface area contributed by atoms with Crippen LogP contribution in [0.3, 0.4) is 0 Å². The van der Waals surface area contributed by atoms with Crippen LogP contribution in [0.1, 0.15) is 34.1 Å². The summed E-state index contributed by atoms with van der Waals surface area (Å²) in [6, 6.07) is 9.02. The first-order valence-corrected chi connectivity index (χ1v) is 9.44. The smallest absolute Gasteiger partial charge is 0.320 e. The summed E-state index contributed by atoms with van der Waals surface area (Å²) in [6.07, 6.45) is 1.66. The molecule has 0 fully saturated rings. The molecule has 2 aromatic heterocycles. The zero-order valence-electron chi connectivity index (χ0n) is 15.8. The summed E-state index contributed by atoms with van der Waals surface area (Å²) >= 11 is 1.63. The molecule has 8 heteroatoms. The number of aryl methyl sites for hydroxylation is 2. The van der Waals surface area contributed by atoms with Gasteiger partial charge in [0.15, 0.2) is 0 Å². The quantitative estimate of drug-likeness (QED) is 0.674. The zero-order valence-corrected chi connectivity index (χ0v) is 16.6. The van der Waals surface area contributed by atoms with Crippen LogP contribution in [0.5, 0.6) is 5.75 Å². The van der Waals surface area contributed by atoms with Crippen molar-refractivity contribution in [1.29, 1.82) is 0 Å². The highest BCUT2D eigenvalue weighted by Gasteiger charge is 2.16. The van der Waals surface area contributed by atoms with Crippen LogP contribution in [-0.4, -0.2) is 27.9 Å². The molecule has 0 aliphatic heterocycles. The minimum Gasteiger partial charge on any atom is -0.496 e. The molecule has 2 amide bonds. The van der Waals surface area contributed by atoms with Crippen LogP contribution in [0.15, 0.2) is 36.5 Å². The molecule has 7 nitrogen and oxygen atoms in total. The van der Waals surface area contributed by atoms with E-state index in [1.807, 2.05) is 45.0 Å². The van der Waals surface area contributed by atoms with Crippen LogP contribution in [0, 0.1) is 13.8 Å². The summed E-state index contributed by atoms with van der Waals surface area (Å²) in [7, 11) is 1.64. The Morgan fingerprint density at radius 3 is 2.78 bits per heavy atom. The Balaban J connectivity index is 1.67. The van der Waals surface area contributed by atoms with Gasteiger partial charge in [0.25, 0.3) is 0 Å². The Kier molecular flexibility index (Phi) is 5.75. The average molecular weight is 385 g/mol. The van der Waals surface area contributed by atoms with Gasteiger partial charge >= 0.3 is 6.03 Å². The minimum atomic E-state index is -0.297. The standard InChI is InChI=1S/C19H23N5O2S/c1-12(18-13(2)27-14(3)22-18)21-19(25)23-17-9-10-20-24(17)11-15-7-5-6-8-16(15)26-4/h5-10,12H,11H2,1-4H3,(H2,21,23,25)/t12-/m1/s1. The van der Waals surface area contributed by atoms with E-state index in [9.17, 15) is 4.79 Å². The molecule has 1 atom stereocenters. The van der Waals surface area contributed by atoms with Crippen molar-refractivity contribution >= 4 is 23.2 Å². The number of para-hydroxylation sites is 1. The van der Waals surface area contributed by atoms with Gasteiger partial charge in [-0.05, 0) is 26.8 Å². The van der Waals surface area contributed by atoms with Gasteiger partial charge in [-0.25, -0.2) is 14.5 Å². The number of amides is 2. The molecule has 0 spiro atoms. The lowest BCUT2D eigenvalue weighted by Gasteiger charge is -2.15. The first kappa shape index (κ1) is 18.9. The van der Waals surface area contributed by atoms with Crippen LogP contribution >= 0.6 is 11.3 Å². The predicted octanol–water partition coefficient (Wildman–Crippen LogP) is 3.90. The molecule has 3 aromatic rings. The molecule has 0 aliphatic carbocycles. The number of anilines is 1. The van der Waals surface area contributed by atoms with E-state index in [0.717, 1.165) is 26.9 Å². The number of carbonyl (C=O) groups excluding carboxylic acids is 1. The maximum atomic E-state index is 12.4. The molecule has 2 heterocycles. The summed E-state index contributed by atoms with van der Waals surface area (Å²) in [5, 5.41) is 11.1. The number of benzene rings is 1. The number of carbonyl (C=O) groups is 1. The van der Waals surface area contributed by atoms with E-state index in [-0.39, 0.29) is 12.1 Å². The van der Waals surface area contributed by atoms with Crippen molar-refractivity contribution < 1.29 is 9.53 Å². The van der Waals surface area contributed by atoms with Crippen molar-refractivity contribution in [1.82, 2.24) is 20.1 Å². The Labute approximate surface area is 162 Å². The second-order valence-electron chi connectivity index (χ2n) is 6.18. The highest BCUT2D eigenvalue weighted by atomic mass is 32.1. The summed E-state index contributed by atoms with van der Waals surface area (Å²) in [5.41, 5.74) is 1.88. The Hall–Kier alpha value is -2.87. The molecular weight excluding hydrogens is 362 g/mol. The van der Waals surface area contributed by atoms with E-state index < -0.39 is 0 Å². The molecule has 0 saturated carbocycles. The van der Waals surface area contributed by atoms with Crippen molar-refractivity contribution in [3.63, 3.8) is 0 Å². The Morgan fingerprint density at radius 2 is 2.07 bits per heavy atom. The first-order valence-electron chi connectivity index (χ1n) is 8.63. The fraction of sp³-hybridized carbons (Fsp3) is 0.316. The van der Waals surface area contributed by atoms with Gasteiger partial charge in [-0.2, -0.15) is 5.10 Å². The molecule has 0 aliphatic rings. The number of nitrogens with one attached hydrogen (secondary N) is 2. The third kappa shape index (κ3) is 4.46. The van der Waals surface area contributed by atoms with Gasteiger partial charge in [-0.3, -0.25) is 5.32 Å². The highest BCUT2D eigenvalue weighted by molar-refractivity contribution is 7.11. The van der Waals surface area contributed by atoms with E-state index in [4.69, 9.17) is 4.74 Å². The number of hydrogen-bond acceptors (Lipinski definition) is 5. The number of thiazole rings is 1. The van der Waals surface area contributed by atoms with Crippen molar-refractivity contribution in [3.05, 3.63) is 57.7 Å². The van der Waals surface area contributed by atoms with Crippen molar-refractivity contribution in [2.24, 2.45) is 0 Å². The van der Waals surface area contributed by atoms with E-state index >= 15 is 0 Å². The summed E-state index contributed by atoms with van der Waals surface area (Å²) < 4.78 is 7.11.